The van der Waals surface area contributed by atoms with E-state index in [1.54, 1.807) is 0 Å². The molecule has 0 aliphatic rings. The molecule has 0 saturated carbocycles. The smallest absolute Gasteiger partial charge is 0.0923 e. The minimum Gasteiger partial charge on any atom is -0.330 e. The van der Waals surface area contributed by atoms with Crippen molar-refractivity contribution in [1.29, 1.82) is 0 Å². The zero-order valence-electron chi connectivity index (χ0n) is 8.38. The topological polar surface area (TPSA) is 54.7 Å². The number of nitrogens with two attached hydrogens (primary N) is 1. The zero-order chi connectivity index (χ0) is 9.97. The molecule has 0 radical (unpaired) electrons. The quantitative estimate of drug-likeness (QED) is 0.773. The van der Waals surface area contributed by atoms with E-state index >= 15 is 0 Å². The summed E-state index contributed by atoms with van der Waals surface area (Å²) in [7, 11) is 0. The molecule has 1 aromatic heterocycles. The average Bonchev–Trinajstić information content (AvgIpc) is 2.57. The number of nitrogens with zero attached hydrogens (tertiary/aromatic N) is 1. The molecule has 3 nitrogen and oxygen atoms in total. The number of aryl methyl sites for hydroxylation is 2. The summed E-state index contributed by atoms with van der Waals surface area (Å²) in [6.45, 7) is 2.80. The van der Waals surface area contributed by atoms with Crippen molar-refractivity contribution in [2.24, 2.45) is 5.73 Å². The van der Waals surface area contributed by atoms with Gasteiger partial charge in [0.1, 0.15) is 0 Å². The maximum Gasteiger partial charge on any atom is 0.0923 e. The molecule has 74 valence electrons. The largest absolute Gasteiger partial charge is 0.330 e. The van der Waals surface area contributed by atoms with E-state index in [9.17, 15) is 0 Å². The summed E-state index contributed by atoms with van der Waals surface area (Å²) in [5, 5.41) is 8.40. The van der Waals surface area contributed by atoms with Crippen LogP contribution >= 0.6 is 0 Å². The van der Waals surface area contributed by atoms with E-state index in [0.717, 1.165) is 30.6 Å². The molecular weight excluding hydrogens is 174 g/mol. The Kier molecular flexibility index (Phi) is 2.50. The van der Waals surface area contributed by atoms with E-state index in [0.29, 0.717) is 0 Å². The van der Waals surface area contributed by atoms with Crippen LogP contribution in [0, 0.1) is 6.92 Å². The lowest BCUT2D eigenvalue weighted by Gasteiger charge is -1.99. The molecule has 0 atom stereocenters. The SMILES string of the molecule is Cc1[nH]nc2ccc(CCCN)cc12. The molecule has 0 saturated heterocycles. The minimum atomic E-state index is 0.752. The van der Waals surface area contributed by atoms with Gasteiger partial charge in [-0.25, -0.2) is 0 Å². The number of hydrogen-bond donors (Lipinski definition) is 2. The van der Waals surface area contributed by atoms with Crippen LogP contribution < -0.4 is 5.73 Å². The number of H-pyrrole nitrogens is 1. The lowest BCUT2D eigenvalue weighted by molar-refractivity contribution is 0.833. The Morgan fingerprint density at radius 1 is 1.43 bits per heavy atom. The summed E-state index contributed by atoms with van der Waals surface area (Å²) in [6, 6.07) is 6.38. The third-order valence-corrected chi connectivity index (χ3v) is 2.48. The average molecular weight is 189 g/mol. The number of fused-ring (bicyclic) bond motifs is 1. The minimum absolute atomic E-state index is 0.752. The molecule has 3 heteroatoms. The fourth-order valence-electron chi connectivity index (χ4n) is 1.65. The van der Waals surface area contributed by atoms with Crippen LogP contribution in [0.3, 0.4) is 0 Å². The van der Waals surface area contributed by atoms with Gasteiger partial charge in [0.15, 0.2) is 0 Å². The molecule has 14 heavy (non-hydrogen) atoms. The first kappa shape index (κ1) is 9.21. The van der Waals surface area contributed by atoms with Crippen molar-refractivity contribution in [1.82, 2.24) is 10.2 Å². The molecule has 1 heterocycles. The van der Waals surface area contributed by atoms with Crippen LogP contribution in [0.1, 0.15) is 17.7 Å². The number of hydrogen-bond acceptors (Lipinski definition) is 2. The van der Waals surface area contributed by atoms with Crippen molar-refractivity contribution in [3.8, 4) is 0 Å². The predicted octanol–water partition coefficient (Wildman–Crippen LogP) is 1.76. The molecule has 3 N–H and O–H groups in total. The van der Waals surface area contributed by atoms with Crippen molar-refractivity contribution < 1.29 is 0 Å². The lowest BCUT2D eigenvalue weighted by atomic mass is 10.1. The third-order valence-electron chi connectivity index (χ3n) is 2.48. The summed E-state index contributed by atoms with van der Waals surface area (Å²) >= 11 is 0. The monoisotopic (exact) mass is 189 g/mol. The van der Waals surface area contributed by atoms with E-state index in [4.69, 9.17) is 5.73 Å². The van der Waals surface area contributed by atoms with Crippen LogP contribution in [0.2, 0.25) is 0 Å². The van der Waals surface area contributed by atoms with Crippen LogP contribution in [0.4, 0.5) is 0 Å². The van der Waals surface area contributed by atoms with Gasteiger partial charge in [-0.05, 0) is 44.0 Å². The van der Waals surface area contributed by atoms with Gasteiger partial charge in [-0.15, -0.1) is 0 Å². The molecule has 0 fully saturated rings. The highest BCUT2D eigenvalue weighted by molar-refractivity contribution is 5.81. The van der Waals surface area contributed by atoms with Gasteiger partial charge in [0.25, 0.3) is 0 Å². The molecule has 0 aliphatic carbocycles. The molecule has 2 aromatic rings. The van der Waals surface area contributed by atoms with Crippen molar-refractivity contribution in [3.63, 3.8) is 0 Å². The zero-order valence-corrected chi connectivity index (χ0v) is 8.38. The summed E-state index contributed by atoms with van der Waals surface area (Å²) in [6.07, 6.45) is 2.10. The molecule has 0 spiro atoms. The normalized spacial score (nSPS) is 11.0. The first-order valence-electron chi connectivity index (χ1n) is 4.95. The van der Waals surface area contributed by atoms with Gasteiger partial charge in [-0.1, -0.05) is 6.07 Å². The summed E-state index contributed by atoms with van der Waals surface area (Å²) in [5.74, 6) is 0. The van der Waals surface area contributed by atoms with Gasteiger partial charge >= 0.3 is 0 Å². The summed E-state index contributed by atoms with van der Waals surface area (Å²) < 4.78 is 0. The number of rotatable bonds is 3. The van der Waals surface area contributed by atoms with E-state index < -0.39 is 0 Å². The second-order valence-corrected chi connectivity index (χ2v) is 3.59. The maximum atomic E-state index is 5.48. The van der Waals surface area contributed by atoms with Crippen LogP contribution in [0.25, 0.3) is 10.9 Å². The molecule has 0 aliphatic heterocycles. The Morgan fingerprint density at radius 2 is 2.29 bits per heavy atom. The van der Waals surface area contributed by atoms with E-state index in [2.05, 4.69) is 28.4 Å². The van der Waals surface area contributed by atoms with Gasteiger partial charge < -0.3 is 5.73 Å². The summed E-state index contributed by atoms with van der Waals surface area (Å²) in [5.41, 5.74) is 9.00. The fourth-order valence-corrected chi connectivity index (χ4v) is 1.65. The van der Waals surface area contributed by atoms with E-state index in [1.165, 1.54) is 10.9 Å². The first-order chi connectivity index (χ1) is 6.81. The van der Waals surface area contributed by atoms with Crippen LogP contribution in [0.5, 0.6) is 0 Å². The van der Waals surface area contributed by atoms with Gasteiger partial charge in [-0.2, -0.15) is 5.10 Å². The molecule has 0 unspecified atom stereocenters. The maximum absolute atomic E-state index is 5.48. The molecular formula is C11H15N3. The Labute approximate surface area is 83.3 Å². The number of aromatic amines is 1. The van der Waals surface area contributed by atoms with E-state index in [-0.39, 0.29) is 0 Å². The molecule has 2 rings (SSSR count). The van der Waals surface area contributed by atoms with Crippen molar-refractivity contribution in [2.45, 2.75) is 19.8 Å². The van der Waals surface area contributed by atoms with Crippen LogP contribution in [-0.2, 0) is 6.42 Å². The standard InChI is InChI=1S/C11H15N3/c1-8-10-7-9(3-2-6-12)4-5-11(10)14-13-8/h4-5,7H,2-3,6,12H2,1H3,(H,13,14). The second-order valence-electron chi connectivity index (χ2n) is 3.59. The Hall–Kier alpha value is -1.35. The molecule has 0 amide bonds. The highest BCUT2D eigenvalue weighted by atomic mass is 15.1. The van der Waals surface area contributed by atoms with Crippen molar-refractivity contribution >= 4 is 10.9 Å². The van der Waals surface area contributed by atoms with Crippen LogP contribution in [-0.4, -0.2) is 16.7 Å². The summed E-state index contributed by atoms with van der Waals surface area (Å²) in [4.78, 5) is 0. The van der Waals surface area contributed by atoms with Gasteiger partial charge in [0, 0.05) is 11.1 Å². The first-order valence-corrected chi connectivity index (χ1v) is 4.95. The Balaban J connectivity index is 2.34. The Bertz CT molecular complexity index is 431. The lowest BCUT2D eigenvalue weighted by Crippen LogP contribution is -2.00. The molecule has 0 bridgehead atoms. The number of nitrogens with one attached hydrogen (secondary N) is 1. The van der Waals surface area contributed by atoms with Crippen LogP contribution in [0.15, 0.2) is 18.2 Å². The van der Waals surface area contributed by atoms with E-state index in [1.807, 2.05) is 6.92 Å². The van der Waals surface area contributed by atoms with Crippen molar-refractivity contribution in [2.75, 3.05) is 6.54 Å². The van der Waals surface area contributed by atoms with Gasteiger partial charge in [-0.3, -0.25) is 5.10 Å². The van der Waals surface area contributed by atoms with Gasteiger partial charge in [0.05, 0.1) is 5.52 Å². The number of benzene rings is 1. The number of aromatic nitrogens is 2. The highest BCUT2D eigenvalue weighted by Gasteiger charge is 2.01. The van der Waals surface area contributed by atoms with Gasteiger partial charge in [0.2, 0.25) is 0 Å². The van der Waals surface area contributed by atoms with Crippen molar-refractivity contribution in [3.05, 3.63) is 29.5 Å². The predicted molar refractivity (Wildman–Crippen MR) is 58.2 cm³/mol. The second kappa shape index (κ2) is 3.80. The third kappa shape index (κ3) is 1.63. The Morgan fingerprint density at radius 3 is 3.07 bits per heavy atom. The molecule has 1 aromatic carbocycles. The fraction of sp³-hybridized carbons (Fsp3) is 0.364. The highest BCUT2D eigenvalue weighted by Crippen LogP contribution is 2.17.